The van der Waals surface area contributed by atoms with E-state index in [0.717, 1.165) is 11.3 Å². The van der Waals surface area contributed by atoms with Gasteiger partial charge < -0.3 is 0 Å². The van der Waals surface area contributed by atoms with Crippen LogP contribution < -0.4 is 11.3 Å². The Hall–Kier alpha value is -1.34. The van der Waals surface area contributed by atoms with Crippen LogP contribution in [-0.2, 0) is 0 Å². The number of anilines is 1. The summed E-state index contributed by atoms with van der Waals surface area (Å²) in [7, 11) is 0. The molecule has 1 aromatic heterocycles. The quantitative estimate of drug-likeness (QED) is 0.438. The smallest absolute Gasteiger partial charge is 0.198 e. The number of nitrogens with one attached hydrogen (secondary N) is 1. The molecule has 0 spiro atoms. The average Bonchev–Trinajstić information content (AvgIpc) is 2.58. The molecule has 0 radical (unpaired) electrons. The lowest BCUT2D eigenvalue weighted by Crippen LogP contribution is -2.05. The van der Waals surface area contributed by atoms with Gasteiger partial charge in [-0.05, 0) is 0 Å². The monoisotopic (exact) mass is 219 g/mol. The average molecular weight is 219 g/mol. The van der Waals surface area contributed by atoms with Crippen LogP contribution in [0.1, 0.15) is 0 Å². The molecule has 0 atom stereocenters. The first-order chi connectivity index (χ1) is 6.63. The zero-order valence-electron chi connectivity index (χ0n) is 6.64. The van der Waals surface area contributed by atoms with Gasteiger partial charge in [0.1, 0.15) is 5.52 Å². The minimum absolute atomic E-state index is 0.128. The SMILES string of the molecule is NNc1nc2c(F)cc(F)c(F)c2s1. The van der Waals surface area contributed by atoms with E-state index in [9.17, 15) is 13.2 Å². The number of benzene rings is 1. The maximum atomic E-state index is 13.1. The molecule has 0 amide bonds. The van der Waals surface area contributed by atoms with Crippen molar-refractivity contribution in [2.45, 2.75) is 0 Å². The number of nitrogens with two attached hydrogens (primary N) is 1. The molecule has 1 aromatic carbocycles. The number of halogens is 3. The summed E-state index contributed by atoms with van der Waals surface area (Å²) in [5.41, 5.74) is 1.92. The van der Waals surface area contributed by atoms with Crippen molar-refractivity contribution in [1.29, 1.82) is 0 Å². The molecule has 0 aliphatic rings. The maximum absolute atomic E-state index is 13.1. The van der Waals surface area contributed by atoms with Crippen LogP contribution in [0.5, 0.6) is 0 Å². The van der Waals surface area contributed by atoms with Crippen molar-refractivity contribution in [3.8, 4) is 0 Å². The fourth-order valence-corrected chi connectivity index (χ4v) is 1.86. The summed E-state index contributed by atoms with van der Waals surface area (Å²) in [5.74, 6) is 1.76. The highest BCUT2D eigenvalue weighted by atomic mass is 32.1. The highest BCUT2D eigenvalue weighted by Crippen LogP contribution is 2.30. The van der Waals surface area contributed by atoms with E-state index in [1.165, 1.54) is 0 Å². The van der Waals surface area contributed by atoms with Gasteiger partial charge in [-0.2, -0.15) is 0 Å². The summed E-state index contributed by atoms with van der Waals surface area (Å²) in [6.07, 6.45) is 0. The summed E-state index contributed by atoms with van der Waals surface area (Å²) < 4.78 is 38.7. The van der Waals surface area contributed by atoms with Crippen LogP contribution >= 0.6 is 11.3 Å². The maximum Gasteiger partial charge on any atom is 0.198 e. The third-order valence-electron chi connectivity index (χ3n) is 1.64. The van der Waals surface area contributed by atoms with E-state index in [4.69, 9.17) is 5.84 Å². The number of nitrogen functional groups attached to an aromatic ring is 1. The number of thiazole rings is 1. The number of nitrogens with zero attached hydrogens (tertiary/aromatic N) is 1. The molecule has 0 unspecified atom stereocenters. The summed E-state index contributed by atoms with van der Waals surface area (Å²) in [4.78, 5) is 3.63. The Balaban J connectivity index is 2.84. The predicted molar refractivity (Wildman–Crippen MR) is 47.3 cm³/mol. The summed E-state index contributed by atoms with van der Waals surface area (Å²) >= 11 is 0.750. The van der Waals surface area contributed by atoms with Gasteiger partial charge >= 0.3 is 0 Å². The van der Waals surface area contributed by atoms with Crippen LogP contribution in [0.15, 0.2) is 6.07 Å². The van der Waals surface area contributed by atoms with E-state index in [2.05, 4.69) is 10.4 Å². The number of hydrogen-bond donors (Lipinski definition) is 2. The number of fused-ring (bicyclic) bond motifs is 1. The van der Waals surface area contributed by atoms with Crippen molar-refractivity contribution < 1.29 is 13.2 Å². The summed E-state index contributed by atoms with van der Waals surface area (Å²) in [6, 6.07) is 0.456. The molecule has 3 N–H and O–H groups in total. The highest BCUT2D eigenvalue weighted by molar-refractivity contribution is 7.22. The predicted octanol–water partition coefficient (Wildman–Crippen LogP) is 2.00. The van der Waals surface area contributed by atoms with Crippen molar-refractivity contribution >= 4 is 26.7 Å². The Labute approximate surface area is 80.3 Å². The van der Waals surface area contributed by atoms with E-state index >= 15 is 0 Å². The zero-order valence-corrected chi connectivity index (χ0v) is 7.46. The molecular weight excluding hydrogens is 215 g/mol. The van der Waals surface area contributed by atoms with Crippen LogP contribution in [-0.4, -0.2) is 4.98 Å². The molecule has 3 nitrogen and oxygen atoms in total. The van der Waals surface area contributed by atoms with Crippen LogP contribution in [0.25, 0.3) is 10.2 Å². The Morgan fingerprint density at radius 3 is 2.64 bits per heavy atom. The van der Waals surface area contributed by atoms with Crippen LogP contribution in [0, 0.1) is 17.5 Å². The van der Waals surface area contributed by atoms with Gasteiger partial charge in [0.25, 0.3) is 0 Å². The number of hydrazine groups is 1. The topological polar surface area (TPSA) is 50.9 Å². The minimum Gasteiger partial charge on any atom is -0.300 e. The van der Waals surface area contributed by atoms with E-state index in [1.807, 2.05) is 0 Å². The van der Waals surface area contributed by atoms with Gasteiger partial charge in [-0.15, -0.1) is 0 Å². The van der Waals surface area contributed by atoms with Crippen molar-refractivity contribution in [3.05, 3.63) is 23.5 Å². The van der Waals surface area contributed by atoms with Crippen molar-refractivity contribution in [1.82, 2.24) is 4.98 Å². The number of hydrogen-bond acceptors (Lipinski definition) is 4. The molecule has 2 aromatic rings. The van der Waals surface area contributed by atoms with E-state index < -0.39 is 17.5 Å². The van der Waals surface area contributed by atoms with E-state index in [0.29, 0.717) is 6.07 Å². The van der Waals surface area contributed by atoms with Crippen molar-refractivity contribution in [2.24, 2.45) is 5.84 Å². The second-order valence-corrected chi connectivity index (χ2v) is 3.49. The van der Waals surface area contributed by atoms with E-state index in [1.54, 1.807) is 0 Å². The van der Waals surface area contributed by atoms with Gasteiger partial charge in [-0.3, -0.25) is 5.43 Å². The van der Waals surface area contributed by atoms with Gasteiger partial charge in [0.2, 0.25) is 0 Å². The normalized spacial score (nSPS) is 10.9. The lowest BCUT2D eigenvalue weighted by atomic mass is 10.3. The highest BCUT2D eigenvalue weighted by Gasteiger charge is 2.16. The molecule has 2 rings (SSSR count). The molecule has 0 fully saturated rings. The first-order valence-electron chi connectivity index (χ1n) is 3.54. The van der Waals surface area contributed by atoms with Crippen LogP contribution in [0.4, 0.5) is 18.3 Å². The van der Waals surface area contributed by atoms with Crippen molar-refractivity contribution in [2.75, 3.05) is 5.43 Å². The summed E-state index contributed by atoms with van der Waals surface area (Å²) in [5, 5.41) is 0.128. The van der Waals surface area contributed by atoms with Gasteiger partial charge in [0.05, 0.1) is 4.70 Å². The van der Waals surface area contributed by atoms with E-state index in [-0.39, 0.29) is 15.3 Å². The first kappa shape index (κ1) is 9.22. The van der Waals surface area contributed by atoms with Crippen LogP contribution in [0.3, 0.4) is 0 Å². The summed E-state index contributed by atoms with van der Waals surface area (Å²) in [6.45, 7) is 0. The lowest BCUT2D eigenvalue weighted by molar-refractivity contribution is 0.506. The lowest BCUT2D eigenvalue weighted by Gasteiger charge is -1.93. The molecule has 1 heterocycles. The molecular formula is C7H4F3N3S. The molecule has 74 valence electrons. The molecule has 0 bridgehead atoms. The largest absolute Gasteiger partial charge is 0.300 e. The van der Waals surface area contributed by atoms with Gasteiger partial charge in [-0.1, -0.05) is 11.3 Å². The Bertz CT molecular complexity index is 496. The van der Waals surface area contributed by atoms with Crippen LogP contribution in [0.2, 0.25) is 0 Å². The zero-order chi connectivity index (χ0) is 10.3. The van der Waals surface area contributed by atoms with Gasteiger partial charge in [0, 0.05) is 6.07 Å². The fraction of sp³-hybridized carbons (Fsp3) is 0. The Morgan fingerprint density at radius 2 is 2.00 bits per heavy atom. The van der Waals surface area contributed by atoms with Gasteiger partial charge in [0.15, 0.2) is 22.6 Å². The number of aromatic nitrogens is 1. The molecule has 14 heavy (non-hydrogen) atoms. The standard InChI is InChI=1S/C7H4F3N3S/c8-2-1-3(9)5-6(4(2)10)14-7(12-5)13-11/h1H,11H2,(H,12,13). The second-order valence-electron chi connectivity index (χ2n) is 2.50. The van der Waals surface area contributed by atoms with Gasteiger partial charge in [-0.25, -0.2) is 24.0 Å². The molecule has 0 aliphatic carbocycles. The first-order valence-corrected chi connectivity index (χ1v) is 4.35. The number of rotatable bonds is 1. The molecule has 0 saturated carbocycles. The van der Waals surface area contributed by atoms with Crippen molar-refractivity contribution in [3.63, 3.8) is 0 Å². The Kier molecular flexibility index (Phi) is 2.05. The molecule has 0 saturated heterocycles. The second kappa shape index (κ2) is 3.10. The minimum atomic E-state index is -1.23. The Morgan fingerprint density at radius 1 is 1.29 bits per heavy atom. The fourth-order valence-electron chi connectivity index (χ4n) is 1.04. The third kappa shape index (κ3) is 1.21. The third-order valence-corrected chi connectivity index (χ3v) is 2.62. The molecule has 7 heteroatoms. The molecule has 0 aliphatic heterocycles.